The Hall–Kier alpha value is -0.530. The minimum absolute atomic E-state index is 0.128. The van der Waals surface area contributed by atoms with E-state index in [1.54, 1.807) is 0 Å². The Labute approximate surface area is 110 Å². The van der Waals surface area contributed by atoms with Gasteiger partial charge in [-0.15, -0.1) is 0 Å². The van der Waals surface area contributed by atoms with E-state index in [0.717, 1.165) is 11.6 Å². The van der Waals surface area contributed by atoms with E-state index in [9.17, 15) is 0 Å². The van der Waals surface area contributed by atoms with Gasteiger partial charge >= 0.3 is 0 Å². The van der Waals surface area contributed by atoms with Crippen molar-refractivity contribution in [1.82, 2.24) is 4.90 Å². The maximum Gasteiger partial charge on any atom is 0.0446 e. The van der Waals surface area contributed by atoms with Gasteiger partial charge in [0.25, 0.3) is 0 Å². The fraction of sp³-hybridized carbons (Fsp3) is 0.600. The average molecular weight is 252 g/mol. The van der Waals surface area contributed by atoms with E-state index in [4.69, 9.17) is 11.6 Å². The molecule has 0 radical (unpaired) electrons. The van der Waals surface area contributed by atoms with Crippen molar-refractivity contribution in [3.8, 4) is 0 Å². The summed E-state index contributed by atoms with van der Waals surface area (Å²) in [5.74, 6) is 0. The molecule has 17 heavy (non-hydrogen) atoms. The lowest BCUT2D eigenvalue weighted by atomic mass is 9.86. The summed E-state index contributed by atoms with van der Waals surface area (Å²) in [6, 6.07) is 6.55. The normalized spacial score (nSPS) is 17.6. The lowest BCUT2D eigenvalue weighted by Crippen LogP contribution is -2.18. The molecule has 0 aromatic heterocycles. The van der Waals surface area contributed by atoms with Crippen LogP contribution in [0.4, 0.5) is 0 Å². The Bertz CT molecular complexity index is 386. The Morgan fingerprint density at radius 1 is 1.18 bits per heavy atom. The summed E-state index contributed by atoms with van der Waals surface area (Å²) in [6.07, 6.45) is 2.68. The van der Waals surface area contributed by atoms with Crippen LogP contribution in [0, 0.1) is 0 Å². The number of hydrogen-bond donors (Lipinski definition) is 0. The SMILES string of the molecule is CC(C)(C)c1ccc(CN2CCCC2)cc1Cl. The van der Waals surface area contributed by atoms with Gasteiger partial charge in [0, 0.05) is 11.6 Å². The van der Waals surface area contributed by atoms with E-state index in [2.05, 4.69) is 43.9 Å². The highest BCUT2D eigenvalue weighted by Gasteiger charge is 2.18. The minimum Gasteiger partial charge on any atom is -0.299 e. The van der Waals surface area contributed by atoms with Gasteiger partial charge in [-0.2, -0.15) is 0 Å². The van der Waals surface area contributed by atoms with Crippen LogP contribution in [0.25, 0.3) is 0 Å². The van der Waals surface area contributed by atoms with E-state index < -0.39 is 0 Å². The van der Waals surface area contributed by atoms with Gasteiger partial charge in [0.05, 0.1) is 0 Å². The van der Waals surface area contributed by atoms with Gasteiger partial charge in [-0.1, -0.05) is 44.5 Å². The first-order valence-corrected chi connectivity index (χ1v) is 6.86. The Kier molecular flexibility index (Phi) is 3.79. The largest absolute Gasteiger partial charge is 0.299 e. The van der Waals surface area contributed by atoms with Gasteiger partial charge in [0.2, 0.25) is 0 Å². The van der Waals surface area contributed by atoms with Crippen LogP contribution in [0.3, 0.4) is 0 Å². The summed E-state index contributed by atoms with van der Waals surface area (Å²) < 4.78 is 0. The fourth-order valence-corrected chi connectivity index (χ4v) is 2.95. The zero-order chi connectivity index (χ0) is 12.5. The molecule has 0 aliphatic carbocycles. The predicted octanol–water partition coefficient (Wildman–Crippen LogP) is 4.23. The van der Waals surface area contributed by atoms with Crippen molar-refractivity contribution in [1.29, 1.82) is 0 Å². The summed E-state index contributed by atoms with van der Waals surface area (Å²) in [5, 5.41) is 0.911. The molecule has 0 amide bonds. The molecule has 0 atom stereocenters. The predicted molar refractivity (Wildman–Crippen MR) is 74.7 cm³/mol. The summed E-state index contributed by atoms with van der Waals surface area (Å²) in [7, 11) is 0. The maximum atomic E-state index is 6.38. The summed E-state index contributed by atoms with van der Waals surface area (Å²) >= 11 is 6.38. The molecule has 0 saturated carbocycles. The van der Waals surface area contributed by atoms with Crippen molar-refractivity contribution < 1.29 is 0 Å². The van der Waals surface area contributed by atoms with E-state index in [0.29, 0.717) is 0 Å². The van der Waals surface area contributed by atoms with Crippen molar-refractivity contribution in [2.45, 2.75) is 45.6 Å². The van der Waals surface area contributed by atoms with Gasteiger partial charge in [-0.05, 0) is 48.5 Å². The molecule has 2 heteroatoms. The lowest BCUT2D eigenvalue weighted by Gasteiger charge is -2.22. The van der Waals surface area contributed by atoms with Gasteiger partial charge in [-0.25, -0.2) is 0 Å². The zero-order valence-electron chi connectivity index (χ0n) is 11.1. The standard InChI is InChI=1S/C15H22ClN/c1-15(2,3)13-7-6-12(10-14(13)16)11-17-8-4-5-9-17/h6-7,10H,4-5,8-9,11H2,1-3H3. The number of likely N-dealkylation sites (tertiary alicyclic amines) is 1. The number of halogens is 1. The second-order valence-corrected chi connectivity index (χ2v) is 6.45. The lowest BCUT2D eigenvalue weighted by molar-refractivity contribution is 0.331. The van der Waals surface area contributed by atoms with Crippen LogP contribution in [0.15, 0.2) is 18.2 Å². The molecule has 94 valence electrons. The molecule has 1 heterocycles. The molecule has 1 aromatic rings. The molecule has 0 N–H and O–H groups in total. The smallest absolute Gasteiger partial charge is 0.0446 e. The molecule has 1 aromatic carbocycles. The molecule has 1 fully saturated rings. The molecule has 2 rings (SSSR count). The monoisotopic (exact) mass is 251 g/mol. The van der Waals surface area contributed by atoms with Crippen LogP contribution < -0.4 is 0 Å². The summed E-state index contributed by atoms with van der Waals surface area (Å²) in [4.78, 5) is 2.50. The van der Waals surface area contributed by atoms with E-state index in [1.807, 2.05) is 0 Å². The van der Waals surface area contributed by atoms with E-state index in [1.165, 1.54) is 37.1 Å². The van der Waals surface area contributed by atoms with Crippen molar-refractivity contribution >= 4 is 11.6 Å². The highest BCUT2D eigenvalue weighted by atomic mass is 35.5. The minimum atomic E-state index is 0.128. The number of rotatable bonds is 2. The molecule has 1 aliphatic heterocycles. The second-order valence-electron chi connectivity index (χ2n) is 6.05. The van der Waals surface area contributed by atoms with Crippen molar-refractivity contribution in [2.75, 3.05) is 13.1 Å². The van der Waals surface area contributed by atoms with Crippen LogP contribution in [-0.4, -0.2) is 18.0 Å². The molecule has 1 nitrogen and oxygen atoms in total. The van der Waals surface area contributed by atoms with Crippen LogP contribution in [-0.2, 0) is 12.0 Å². The molecule has 1 aliphatic rings. The van der Waals surface area contributed by atoms with Crippen LogP contribution in [0.2, 0.25) is 5.02 Å². The van der Waals surface area contributed by atoms with Crippen molar-refractivity contribution in [3.63, 3.8) is 0 Å². The topological polar surface area (TPSA) is 3.24 Å². The Morgan fingerprint density at radius 3 is 2.35 bits per heavy atom. The van der Waals surface area contributed by atoms with E-state index >= 15 is 0 Å². The highest BCUT2D eigenvalue weighted by molar-refractivity contribution is 6.31. The van der Waals surface area contributed by atoms with Crippen LogP contribution >= 0.6 is 11.6 Å². The van der Waals surface area contributed by atoms with E-state index in [-0.39, 0.29) is 5.41 Å². The van der Waals surface area contributed by atoms with Crippen molar-refractivity contribution in [3.05, 3.63) is 34.3 Å². The molecule has 0 spiro atoms. The average Bonchev–Trinajstić information content (AvgIpc) is 2.68. The number of hydrogen-bond acceptors (Lipinski definition) is 1. The molecule has 0 bridgehead atoms. The number of benzene rings is 1. The Balaban J connectivity index is 2.13. The molecule has 0 unspecified atom stereocenters. The molecular formula is C15H22ClN. The molecular weight excluding hydrogens is 230 g/mol. The first-order chi connectivity index (χ1) is 7.97. The fourth-order valence-electron chi connectivity index (χ4n) is 2.46. The van der Waals surface area contributed by atoms with Crippen LogP contribution in [0.1, 0.15) is 44.7 Å². The van der Waals surface area contributed by atoms with Gasteiger partial charge in [0.1, 0.15) is 0 Å². The quantitative estimate of drug-likeness (QED) is 0.760. The summed E-state index contributed by atoms with van der Waals surface area (Å²) in [5.41, 5.74) is 2.71. The van der Waals surface area contributed by atoms with Gasteiger partial charge in [-0.3, -0.25) is 4.90 Å². The highest BCUT2D eigenvalue weighted by Crippen LogP contribution is 2.30. The Morgan fingerprint density at radius 2 is 1.82 bits per heavy atom. The van der Waals surface area contributed by atoms with Crippen LogP contribution in [0.5, 0.6) is 0 Å². The maximum absolute atomic E-state index is 6.38. The summed E-state index contributed by atoms with van der Waals surface area (Å²) in [6.45, 7) is 10.1. The first kappa shape index (κ1) is 12.9. The molecule has 1 saturated heterocycles. The third kappa shape index (κ3) is 3.23. The first-order valence-electron chi connectivity index (χ1n) is 6.48. The van der Waals surface area contributed by atoms with Gasteiger partial charge < -0.3 is 0 Å². The third-order valence-corrected chi connectivity index (χ3v) is 3.76. The van der Waals surface area contributed by atoms with Gasteiger partial charge in [0.15, 0.2) is 0 Å². The second kappa shape index (κ2) is 4.99. The third-order valence-electron chi connectivity index (χ3n) is 3.45. The van der Waals surface area contributed by atoms with Crippen molar-refractivity contribution in [2.24, 2.45) is 0 Å². The number of nitrogens with zero attached hydrogens (tertiary/aromatic N) is 1. The zero-order valence-corrected chi connectivity index (χ0v) is 11.8.